The van der Waals surface area contributed by atoms with Crippen LogP contribution in [0.4, 0.5) is 0 Å². The Morgan fingerprint density at radius 3 is 2.68 bits per heavy atom. The molecule has 0 aromatic heterocycles. The van der Waals surface area contributed by atoms with E-state index >= 15 is 0 Å². The van der Waals surface area contributed by atoms with E-state index in [0.29, 0.717) is 17.9 Å². The lowest BCUT2D eigenvalue weighted by Gasteiger charge is -2.55. The molecule has 0 bridgehead atoms. The average Bonchev–Trinajstić information content (AvgIpc) is 2.97. The highest BCUT2D eigenvalue weighted by atomic mass is 16.6. The first kappa shape index (κ1) is 18.7. The van der Waals surface area contributed by atoms with Crippen LogP contribution in [0.5, 0.6) is 0 Å². The van der Waals surface area contributed by atoms with Crippen molar-refractivity contribution in [3.05, 3.63) is 24.3 Å². The fourth-order valence-corrected chi connectivity index (χ4v) is 5.52. The molecule has 140 valence electrons. The molecule has 3 rings (SSSR count). The lowest BCUT2D eigenvalue weighted by Crippen LogP contribution is -2.61. The van der Waals surface area contributed by atoms with Gasteiger partial charge in [0, 0.05) is 23.7 Å². The van der Waals surface area contributed by atoms with E-state index in [2.05, 4.69) is 30.6 Å². The highest BCUT2D eigenvalue weighted by Gasteiger charge is 2.52. The predicted molar refractivity (Wildman–Crippen MR) is 102 cm³/mol. The van der Waals surface area contributed by atoms with E-state index < -0.39 is 5.60 Å². The molecule has 2 fully saturated rings. The number of nitrogens with zero attached hydrogens (tertiary/aromatic N) is 1. The number of esters is 1. The first-order valence-electron chi connectivity index (χ1n) is 10.1. The summed E-state index contributed by atoms with van der Waals surface area (Å²) in [5, 5.41) is 0. The summed E-state index contributed by atoms with van der Waals surface area (Å²) in [5.74, 6) is 1.08. The van der Waals surface area contributed by atoms with Crippen LogP contribution in [0.25, 0.3) is 0 Å². The zero-order chi connectivity index (χ0) is 18.2. The molecule has 0 aromatic rings. The van der Waals surface area contributed by atoms with Gasteiger partial charge in [0.25, 0.3) is 0 Å². The summed E-state index contributed by atoms with van der Waals surface area (Å²) in [4.78, 5) is 15.3. The maximum atomic E-state index is 12.6. The maximum Gasteiger partial charge on any atom is 0.335 e. The molecule has 0 N–H and O–H groups in total. The van der Waals surface area contributed by atoms with Crippen molar-refractivity contribution in [2.24, 2.45) is 11.8 Å². The van der Waals surface area contributed by atoms with Gasteiger partial charge >= 0.3 is 5.97 Å². The predicted octanol–water partition coefficient (Wildman–Crippen LogP) is 4.87. The van der Waals surface area contributed by atoms with Crippen LogP contribution >= 0.6 is 0 Å². The Hall–Kier alpha value is -1.09. The normalized spacial score (nSPS) is 34.3. The number of carbonyl (C=O) groups excluding carboxylic acids is 1. The van der Waals surface area contributed by atoms with Gasteiger partial charge in [-0.1, -0.05) is 31.9 Å². The number of allylic oxidation sites excluding steroid dienone is 1. The van der Waals surface area contributed by atoms with Crippen molar-refractivity contribution in [2.75, 3.05) is 6.54 Å². The first-order chi connectivity index (χ1) is 11.8. The molecule has 3 heteroatoms. The summed E-state index contributed by atoms with van der Waals surface area (Å²) in [6, 6.07) is 0.595. The van der Waals surface area contributed by atoms with Gasteiger partial charge in [0.05, 0.1) is 0 Å². The van der Waals surface area contributed by atoms with Crippen molar-refractivity contribution in [2.45, 2.75) is 89.8 Å². The third-order valence-corrected chi connectivity index (χ3v) is 6.62. The minimum absolute atomic E-state index is 0.127. The van der Waals surface area contributed by atoms with Gasteiger partial charge in [-0.15, -0.1) is 6.58 Å². The Bertz CT molecular complexity index is 559. The number of carbonyl (C=O) groups is 1. The van der Waals surface area contributed by atoms with Crippen LogP contribution in [0, 0.1) is 11.8 Å². The second-order valence-electron chi connectivity index (χ2n) is 9.34. The maximum absolute atomic E-state index is 12.6. The molecule has 0 radical (unpaired) electrons. The van der Waals surface area contributed by atoms with Crippen LogP contribution in [0.3, 0.4) is 0 Å². The summed E-state index contributed by atoms with van der Waals surface area (Å²) >= 11 is 0. The van der Waals surface area contributed by atoms with E-state index in [0.717, 1.165) is 18.5 Å². The molecule has 2 heterocycles. The van der Waals surface area contributed by atoms with E-state index in [-0.39, 0.29) is 11.5 Å². The van der Waals surface area contributed by atoms with Crippen molar-refractivity contribution in [3.63, 3.8) is 0 Å². The van der Waals surface area contributed by atoms with Gasteiger partial charge in [-0.2, -0.15) is 0 Å². The zero-order valence-electron chi connectivity index (χ0n) is 16.5. The average molecular weight is 346 g/mol. The quantitative estimate of drug-likeness (QED) is 0.540. The third kappa shape index (κ3) is 3.58. The van der Waals surface area contributed by atoms with Gasteiger partial charge in [0.2, 0.25) is 0 Å². The first-order valence-corrected chi connectivity index (χ1v) is 10.1. The molecule has 3 aliphatic rings. The second-order valence-corrected chi connectivity index (χ2v) is 9.34. The molecule has 0 unspecified atom stereocenters. The van der Waals surface area contributed by atoms with Gasteiger partial charge in [0.15, 0.2) is 0 Å². The second kappa shape index (κ2) is 6.90. The van der Waals surface area contributed by atoms with Crippen molar-refractivity contribution in [1.82, 2.24) is 4.90 Å². The number of hydrogen-bond donors (Lipinski definition) is 0. The van der Waals surface area contributed by atoms with Crippen LogP contribution in [0.15, 0.2) is 24.3 Å². The van der Waals surface area contributed by atoms with E-state index in [1.165, 1.54) is 38.5 Å². The van der Waals surface area contributed by atoms with Crippen LogP contribution in [0.2, 0.25) is 0 Å². The molecular weight excluding hydrogens is 310 g/mol. The Kier molecular flexibility index (Phi) is 5.16. The van der Waals surface area contributed by atoms with Crippen molar-refractivity contribution in [1.29, 1.82) is 0 Å². The smallest absolute Gasteiger partial charge is 0.335 e. The number of hydrogen-bond acceptors (Lipinski definition) is 3. The molecule has 1 aliphatic carbocycles. The van der Waals surface area contributed by atoms with E-state index in [4.69, 9.17) is 4.74 Å². The Labute approximate surface area is 153 Å². The third-order valence-electron chi connectivity index (χ3n) is 6.62. The lowest BCUT2D eigenvalue weighted by molar-refractivity contribution is -0.151. The standard InChI is InChI=1S/C22H35NO2/c1-6-16(2)19-10-8-14-22(19)13-7-9-18-12-11-17(15-23(18)22)20(24)25-21(3,4)5/h6,11,16,18-19H,1,7-10,12-15H2,2-5H3/t16-,18+,19-,22+/m0/s1. The number of piperidine rings is 1. The fraction of sp³-hybridized carbons (Fsp3) is 0.773. The summed E-state index contributed by atoms with van der Waals surface area (Å²) in [5.41, 5.74) is 0.698. The molecule has 0 amide bonds. The van der Waals surface area contributed by atoms with E-state index in [1.807, 2.05) is 20.8 Å². The molecular formula is C22H35NO2. The number of fused-ring (bicyclic) bond motifs is 2. The van der Waals surface area contributed by atoms with Gasteiger partial charge < -0.3 is 4.74 Å². The molecule has 0 aromatic carbocycles. The van der Waals surface area contributed by atoms with Crippen LogP contribution in [-0.2, 0) is 9.53 Å². The molecule has 3 nitrogen and oxygen atoms in total. The van der Waals surface area contributed by atoms with Crippen LogP contribution in [-0.4, -0.2) is 34.6 Å². The molecule has 1 spiro atoms. The topological polar surface area (TPSA) is 29.5 Å². The number of rotatable bonds is 3. The van der Waals surface area contributed by atoms with Gasteiger partial charge in [0.1, 0.15) is 5.60 Å². The fourth-order valence-electron chi connectivity index (χ4n) is 5.52. The summed E-state index contributed by atoms with van der Waals surface area (Å²) in [7, 11) is 0. The minimum atomic E-state index is -0.429. The Morgan fingerprint density at radius 2 is 2.04 bits per heavy atom. The summed E-state index contributed by atoms with van der Waals surface area (Å²) in [6.45, 7) is 13.0. The van der Waals surface area contributed by atoms with Gasteiger partial charge in [-0.25, -0.2) is 4.79 Å². The number of ether oxygens (including phenoxy) is 1. The summed E-state index contributed by atoms with van der Waals surface area (Å²) in [6.07, 6.45) is 13.0. The highest BCUT2D eigenvalue weighted by Crippen LogP contribution is 2.52. The Morgan fingerprint density at radius 1 is 1.36 bits per heavy atom. The van der Waals surface area contributed by atoms with Crippen LogP contribution < -0.4 is 0 Å². The molecule has 1 saturated carbocycles. The molecule has 4 atom stereocenters. The Balaban J connectivity index is 1.84. The van der Waals surface area contributed by atoms with E-state index in [9.17, 15) is 4.79 Å². The molecule has 2 aliphatic heterocycles. The minimum Gasteiger partial charge on any atom is -0.457 e. The van der Waals surface area contributed by atoms with Gasteiger partial charge in [-0.3, -0.25) is 4.90 Å². The van der Waals surface area contributed by atoms with Crippen molar-refractivity contribution in [3.8, 4) is 0 Å². The van der Waals surface area contributed by atoms with Gasteiger partial charge in [-0.05, 0) is 64.7 Å². The van der Waals surface area contributed by atoms with Crippen molar-refractivity contribution < 1.29 is 9.53 Å². The van der Waals surface area contributed by atoms with Crippen molar-refractivity contribution >= 4 is 5.97 Å². The monoisotopic (exact) mass is 345 g/mol. The lowest BCUT2D eigenvalue weighted by atomic mass is 9.70. The molecule has 25 heavy (non-hydrogen) atoms. The van der Waals surface area contributed by atoms with Crippen LogP contribution in [0.1, 0.15) is 72.6 Å². The summed E-state index contributed by atoms with van der Waals surface area (Å²) < 4.78 is 5.65. The SMILES string of the molecule is C=C[C@H](C)[C@@H]1CCC[C@]12CCC[C@@H]1CC=C(C(=O)OC(C)(C)C)CN12. The zero-order valence-corrected chi connectivity index (χ0v) is 16.5. The van der Waals surface area contributed by atoms with E-state index in [1.54, 1.807) is 0 Å². The molecule has 1 saturated heterocycles. The highest BCUT2D eigenvalue weighted by molar-refractivity contribution is 5.89. The largest absolute Gasteiger partial charge is 0.457 e.